The molecule has 0 aromatic heterocycles. The van der Waals surface area contributed by atoms with Gasteiger partial charge in [-0.05, 0) is 79.8 Å². The van der Waals surface area contributed by atoms with Crippen molar-refractivity contribution in [2.45, 2.75) is 50.9 Å². The maximum atomic E-state index is 14.1. The van der Waals surface area contributed by atoms with E-state index in [2.05, 4.69) is 10.6 Å². The maximum Gasteiger partial charge on any atom is 0.250 e. The lowest BCUT2D eigenvalue weighted by Gasteiger charge is -2.36. The van der Waals surface area contributed by atoms with Crippen molar-refractivity contribution in [1.82, 2.24) is 4.90 Å². The van der Waals surface area contributed by atoms with Crippen LogP contribution in [0.1, 0.15) is 33.6 Å². The molecule has 0 radical (unpaired) electrons. The molecule has 220 valence electrons. The third kappa shape index (κ3) is 4.42. The summed E-state index contributed by atoms with van der Waals surface area (Å²) in [6.45, 7) is 6.40. The number of nitrogens with one attached hydrogen (secondary N) is 2. The minimum atomic E-state index is -1.16. The standard InChI is InChI=1S/C33H37N3O6/c1-4-41-25-14-12-23(13-15-25)34-29(38)26-27-31(40)36(16-7-17-37)28(33(27)19-20(2)32(26,3)42-33)30(39)35-24-11-10-21-8-5-6-9-22(21)18-24/h5-6,8-15,18,20,26-28,37H,4,7,16-17,19H2,1-3H3,(H,34,38)(H,35,39)/t20?,26-,27+,28?,32+,33?/m1/s1. The number of nitrogens with zero attached hydrogens (tertiary/aromatic N) is 1. The van der Waals surface area contributed by atoms with Crippen LogP contribution in [0.25, 0.3) is 10.8 Å². The minimum absolute atomic E-state index is 0.0774. The first kappa shape index (κ1) is 28.2. The number of hydrogen-bond donors (Lipinski definition) is 3. The summed E-state index contributed by atoms with van der Waals surface area (Å²) in [6, 6.07) is 19.7. The van der Waals surface area contributed by atoms with Crippen molar-refractivity contribution in [3.05, 3.63) is 66.7 Å². The number of benzene rings is 3. The second-order valence-electron chi connectivity index (χ2n) is 11.8. The average molecular weight is 572 g/mol. The van der Waals surface area contributed by atoms with Crippen molar-refractivity contribution in [3.8, 4) is 5.75 Å². The first-order chi connectivity index (χ1) is 20.2. The van der Waals surface area contributed by atoms with Gasteiger partial charge in [0, 0.05) is 24.5 Å². The summed E-state index contributed by atoms with van der Waals surface area (Å²) in [7, 11) is 0. The molecule has 3 N–H and O–H groups in total. The fourth-order valence-corrected chi connectivity index (χ4v) is 7.42. The molecule has 42 heavy (non-hydrogen) atoms. The summed E-state index contributed by atoms with van der Waals surface area (Å²) in [4.78, 5) is 43.7. The summed E-state index contributed by atoms with van der Waals surface area (Å²) in [5.41, 5.74) is -0.891. The molecule has 3 aliphatic rings. The van der Waals surface area contributed by atoms with Gasteiger partial charge in [-0.25, -0.2) is 0 Å². The number of amides is 3. The lowest BCUT2D eigenvalue weighted by atomic mass is 9.62. The quantitative estimate of drug-likeness (QED) is 0.354. The van der Waals surface area contributed by atoms with E-state index < -0.39 is 29.1 Å². The molecular weight excluding hydrogens is 534 g/mol. The summed E-state index contributed by atoms with van der Waals surface area (Å²) in [5, 5.41) is 17.7. The predicted octanol–water partition coefficient (Wildman–Crippen LogP) is 4.21. The molecule has 9 nitrogen and oxygen atoms in total. The van der Waals surface area contributed by atoms with E-state index >= 15 is 0 Å². The molecule has 3 fully saturated rings. The SMILES string of the molecule is CCOc1ccc(NC(=O)[C@H]2[C@H]3C(=O)N(CCCO)C(C(=O)Nc4ccc5ccccc5c4)C34CC(C)[C@]2(C)O4)cc1. The van der Waals surface area contributed by atoms with E-state index in [1.807, 2.05) is 63.2 Å². The minimum Gasteiger partial charge on any atom is -0.494 e. The van der Waals surface area contributed by atoms with Crippen LogP contribution < -0.4 is 15.4 Å². The number of likely N-dealkylation sites (tertiary alicyclic amines) is 1. The zero-order chi connectivity index (χ0) is 29.6. The highest BCUT2D eigenvalue weighted by atomic mass is 16.5. The van der Waals surface area contributed by atoms with Crippen LogP contribution in [0.2, 0.25) is 0 Å². The molecule has 9 heteroatoms. The molecule has 2 bridgehead atoms. The Kier molecular flexibility index (Phi) is 7.19. The normalized spacial score (nSPS) is 29.5. The number of carbonyl (C=O) groups excluding carboxylic acids is 3. The third-order valence-electron chi connectivity index (χ3n) is 9.35. The van der Waals surface area contributed by atoms with Gasteiger partial charge < -0.3 is 30.1 Å². The third-order valence-corrected chi connectivity index (χ3v) is 9.35. The zero-order valence-corrected chi connectivity index (χ0v) is 24.1. The highest BCUT2D eigenvalue weighted by molar-refractivity contribution is 6.06. The molecule has 3 aromatic rings. The Morgan fingerprint density at radius 3 is 2.43 bits per heavy atom. The number of hydrogen-bond acceptors (Lipinski definition) is 6. The van der Waals surface area contributed by atoms with Crippen molar-refractivity contribution in [2.24, 2.45) is 17.8 Å². The van der Waals surface area contributed by atoms with E-state index in [0.29, 0.717) is 36.6 Å². The van der Waals surface area contributed by atoms with Gasteiger partial charge in [-0.15, -0.1) is 0 Å². The fraction of sp³-hybridized carbons (Fsp3) is 0.424. The van der Waals surface area contributed by atoms with Crippen molar-refractivity contribution < 1.29 is 29.0 Å². The second-order valence-corrected chi connectivity index (χ2v) is 11.8. The number of fused-ring (bicyclic) bond motifs is 2. The molecule has 3 heterocycles. The van der Waals surface area contributed by atoms with Gasteiger partial charge in [0.2, 0.25) is 17.7 Å². The van der Waals surface area contributed by atoms with Gasteiger partial charge in [0.1, 0.15) is 17.4 Å². The lowest BCUT2D eigenvalue weighted by Crippen LogP contribution is -2.54. The van der Waals surface area contributed by atoms with Crippen LogP contribution in [0.3, 0.4) is 0 Å². The van der Waals surface area contributed by atoms with Gasteiger partial charge in [-0.2, -0.15) is 0 Å². The first-order valence-electron chi connectivity index (χ1n) is 14.7. The van der Waals surface area contributed by atoms with Gasteiger partial charge >= 0.3 is 0 Å². The van der Waals surface area contributed by atoms with E-state index in [1.54, 1.807) is 24.3 Å². The van der Waals surface area contributed by atoms with Crippen LogP contribution >= 0.6 is 0 Å². The topological polar surface area (TPSA) is 117 Å². The van der Waals surface area contributed by atoms with Crippen LogP contribution in [0.5, 0.6) is 5.75 Å². The molecular formula is C33H37N3O6. The first-order valence-corrected chi connectivity index (χ1v) is 14.7. The number of anilines is 2. The number of ether oxygens (including phenoxy) is 2. The Hall–Kier alpha value is -3.95. The van der Waals surface area contributed by atoms with Crippen LogP contribution in [0.15, 0.2) is 66.7 Å². The Labute approximate surface area is 245 Å². The largest absolute Gasteiger partial charge is 0.494 e. The Morgan fingerprint density at radius 2 is 1.71 bits per heavy atom. The molecule has 3 unspecified atom stereocenters. The molecule has 6 atom stereocenters. The van der Waals surface area contributed by atoms with Gasteiger partial charge in [0.15, 0.2) is 0 Å². The lowest BCUT2D eigenvalue weighted by molar-refractivity contribution is -0.144. The molecule has 3 amide bonds. The summed E-state index contributed by atoms with van der Waals surface area (Å²) < 4.78 is 12.3. The van der Waals surface area contributed by atoms with Crippen molar-refractivity contribution >= 4 is 39.9 Å². The fourth-order valence-electron chi connectivity index (χ4n) is 7.42. The Morgan fingerprint density at radius 1 is 1.02 bits per heavy atom. The van der Waals surface area contributed by atoms with Crippen LogP contribution in [-0.4, -0.2) is 64.7 Å². The number of rotatable bonds is 9. The van der Waals surface area contributed by atoms with Crippen molar-refractivity contribution in [1.29, 1.82) is 0 Å². The van der Waals surface area contributed by atoms with Crippen LogP contribution in [0, 0.1) is 17.8 Å². The number of aliphatic hydroxyl groups is 1. The molecule has 0 aliphatic carbocycles. The van der Waals surface area contributed by atoms with E-state index in [1.165, 1.54) is 4.90 Å². The molecule has 1 spiro atoms. The van der Waals surface area contributed by atoms with Crippen molar-refractivity contribution in [2.75, 3.05) is 30.4 Å². The monoisotopic (exact) mass is 571 g/mol. The summed E-state index contributed by atoms with van der Waals surface area (Å²) in [5.74, 6) is -1.96. The summed E-state index contributed by atoms with van der Waals surface area (Å²) >= 11 is 0. The molecule has 3 aromatic carbocycles. The van der Waals surface area contributed by atoms with E-state index in [-0.39, 0.29) is 36.8 Å². The highest BCUT2D eigenvalue weighted by Crippen LogP contribution is 2.65. The molecule has 3 saturated heterocycles. The van der Waals surface area contributed by atoms with E-state index in [4.69, 9.17) is 9.47 Å². The Bertz CT molecular complexity index is 1530. The number of aliphatic hydroxyl groups excluding tert-OH is 1. The Balaban J connectivity index is 1.32. The zero-order valence-electron chi connectivity index (χ0n) is 24.1. The maximum absolute atomic E-state index is 14.1. The number of carbonyl (C=O) groups is 3. The summed E-state index contributed by atoms with van der Waals surface area (Å²) in [6.07, 6.45) is 0.780. The van der Waals surface area contributed by atoms with Gasteiger partial charge in [0.25, 0.3) is 0 Å². The van der Waals surface area contributed by atoms with E-state index in [9.17, 15) is 19.5 Å². The molecule has 6 rings (SSSR count). The van der Waals surface area contributed by atoms with Crippen LogP contribution in [-0.2, 0) is 19.1 Å². The van der Waals surface area contributed by atoms with Gasteiger partial charge in [-0.3, -0.25) is 14.4 Å². The molecule has 0 saturated carbocycles. The van der Waals surface area contributed by atoms with Gasteiger partial charge in [0.05, 0.1) is 24.0 Å². The smallest absolute Gasteiger partial charge is 0.250 e. The molecule has 3 aliphatic heterocycles. The van der Waals surface area contributed by atoms with Gasteiger partial charge in [-0.1, -0.05) is 37.3 Å². The van der Waals surface area contributed by atoms with Crippen LogP contribution in [0.4, 0.5) is 11.4 Å². The highest BCUT2D eigenvalue weighted by Gasteiger charge is 2.79. The average Bonchev–Trinajstić information content (AvgIpc) is 3.49. The van der Waals surface area contributed by atoms with Crippen molar-refractivity contribution in [3.63, 3.8) is 0 Å². The second kappa shape index (κ2) is 10.7. The predicted molar refractivity (Wildman–Crippen MR) is 159 cm³/mol. The van der Waals surface area contributed by atoms with E-state index in [0.717, 1.165) is 10.8 Å².